The normalized spacial score (nSPS) is 20.9. The highest BCUT2D eigenvalue weighted by Crippen LogP contribution is 2.26. The Hall–Kier alpha value is -1.95. The van der Waals surface area contributed by atoms with Crippen molar-refractivity contribution >= 4 is 11.8 Å². The van der Waals surface area contributed by atoms with Crippen molar-refractivity contribution < 1.29 is 14.0 Å². The molecule has 3 rings (SSSR count). The van der Waals surface area contributed by atoms with Crippen molar-refractivity contribution in [1.82, 2.24) is 14.7 Å². The Morgan fingerprint density at radius 1 is 1.04 bits per heavy atom. The van der Waals surface area contributed by atoms with E-state index in [1.165, 1.54) is 18.6 Å². The molecule has 2 aliphatic rings. The van der Waals surface area contributed by atoms with Crippen LogP contribution in [0.25, 0.3) is 0 Å². The number of likely N-dealkylation sites (tertiary alicyclic amines) is 1. The van der Waals surface area contributed by atoms with Gasteiger partial charge in [-0.15, -0.1) is 0 Å². The van der Waals surface area contributed by atoms with E-state index in [1.54, 1.807) is 31.1 Å². The smallest absolute Gasteiger partial charge is 0.239 e. The number of carbonyl (C=O) groups excluding carboxylic acids is 2. The molecule has 1 aliphatic heterocycles. The van der Waals surface area contributed by atoms with E-state index in [2.05, 4.69) is 0 Å². The molecule has 0 aromatic heterocycles. The molecule has 154 valence electrons. The van der Waals surface area contributed by atoms with Crippen molar-refractivity contribution in [2.24, 2.45) is 0 Å². The van der Waals surface area contributed by atoms with Gasteiger partial charge in [-0.3, -0.25) is 14.5 Å². The molecule has 1 aliphatic carbocycles. The van der Waals surface area contributed by atoms with Crippen molar-refractivity contribution in [2.75, 3.05) is 27.2 Å². The molecular weight excluding hydrogens is 357 g/mol. The second-order valence-corrected chi connectivity index (χ2v) is 8.30. The zero-order valence-corrected chi connectivity index (χ0v) is 17.1. The van der Waals surface area contributed by atoms with Crippen molar-refractivity contribution in [3.05, 3.63) is 35.6 Å². The Balaban J connectivity index is 1.72. The highest BCUT2D eigenvalue weighted by atomic mass is 19.1. The van der Waals surface area contributed by atoms with E-state index >= 15 is 0 Å². The summed E-state index contributed by atoms with van der Waals surface area (Å²) in [5.74, 6) is -0.107. The summed E-state index contributed by atoms with van der Waals surface area (Å²) < 4.78 is 13.3. The Morgan fingerprint density at radius 2 is 1.71 bits per heavy atom. The van der Waals surface area contributed by atoms with E-state index in [-0.39, 0.29) is 36.3 Å². The molecule has 0 bridgehead atoms. The number of halogens is 1. The minimum atomic E-state index is -0.263. The summed E-state index contributed by atoms with van der Waals surface area (Å²) in [6, 6.07) is 6.45. The molecule has 2 amide bonds. The molecule has 5 nitrogen and oxygen atoms in total. The third-order valence-electron chi connectivity index (χ3n) is 6.03. The average molecular weight is 390 g/mol. The fraction of sp³-hybridized carbons (Fsp3) is 0.636. The quantitative estimate of drug-likeness (QED) is 0.751. The van der Waals surface area contributed by atoms with Crippen molar-refractivity contribution in [2.45, 2.75) is 63.6 Å². The molecule has 6 heteroatoms. The van der Waals surface area contributed by atoms with Crippen LogP contribution >= 0.6 is 0 Å². The topological polar surface area (TPSA) is 43.9 Å². The second kappa shape index (κ2) is 9.50. The van der Waals surface area contributed by atoms with Gasteiger partial charge >= 0.3 is 0 Å². The van der Waals surface area contributed by atoms with Gasteiger partial charge in [0.15, 0.2) is 0 Å². The van der Waals surface area contributed by atoms with Gasteiger partial charge in [-0.25, -0.2) is 4.39 Å². The zero-order chi connectivity index (χ0) is 20.1. The van der Waals surface area contributed by atoms with Gasteiger partial charge in [-0.1, -0.05) is 31.4 Å². The lowest BCUT2D eigenvalue weighted by molar-refractivity contribution is -0.139. The predicted molar refractivity (Wildman–Crippen MR) is 107 cm³/mol. The van der Waals surface area contributed by atoms with E-state index < -0.39 is 0 Å². The number of rotatable bonds is 6. The number of benzene rings is 1. The summed E-state index contributed by atoms with van der Waals surface area (Å²) in [5, 5.41) is 0. The summed E-state index contributed by atoms with van der Waals surface area (Å²) in [6.45, 7) is 1.57. The first-order valence-electron chi connectivity index (χ1n) is 10.4. The fourth-order valence-electron chi connectivity index (χ4n) is 4.46. The van der Waals surface area contributed by atoms with Gasteiger partial charge in [0, 0.05) is 26.7 Å². The predicted octanol–water partition coefficient (Wildman–Crippen LogP) is 3.04. The zero-order valence-electron chi connectivity index (χ0n) is 17.1. The summed E-state index contributed by atoms with van der Waals surface area (Å²) >= 11 is 0. The summed E-state index contributed by atoms with van der Waals surface area (Å²) in [4.78, 5) is 31.4. The molecule has 2 fully saturated rings. The Kier molecular flexibility index (Phi) is 7.05. The van der Waals surface area contributed by atoms with Crippen LogP contribution in [0, 0.1) is 5.82 Å². The van der Waals surface area contributed by atoms with Crippen LogP contribution < -0.4 is 0 Å². The maximum Gasteiger partial charge on any atom is 0.239 e. The lowest BCUT2D eigenvalue weighted by atomic mass is 9.93. The van der Waals surface area contributed by atoms with Gasteiger partial charge in [-0.2, -0.15) is 0 Å². The first-order valence-corrected chi connectivity index (χ1v) is 10.4. The Labute approximate surface area is 167 Å². The van der Waals surface area contributed by atoms with Crippen LogP contribution in [-0.2, 0) is 16.1 Å². The van der Waals surface area contributed by atoms with Crippen LogP contribution in [0.5, 0.6) is 0 Å². The third-order valence-corrected chi connectivity index (χ3v) is 6.03. The van der Waals surface area contributed by atoms with Crippen molar-refractivity contribution in [1.29, 1.82) is 0 Å². The fourth-order valence-corrected chi connectivity index (χ4v) is 4.46. The first-order chi connectivity index (χ1) is 13.5. The van der Waals surface area contributed by atoms with Crippen LogP contribution in [0.1, 0.15) is 50.5 Å². The molecule has 1 saturated heterocycles. The summed E-state index contributed by atoms with van der Waals surface area (Å²) in [6.07, 6.45) is 7.30. The van der Waals surface area contributed by atoms with Gasteiger partial charge in [0.05, 0.1) is 12.6 Å². The minimum Gasteiger partial charge on any atom is -0.347 e. The Bertz CT molecular complexity index is 671. The van der Waals surface area contributed by atoms with Gasteiger partial charge < -0.3 is 9.80 Å². The molecule has 1 unspecified atom stereocenters. The Morgan fingerprint density at radius 3 is 2.36 bits per heavy atom. The highest BCUT2D eigenvalue weighted by molar-refractivity contribution is 5.84. The number of amides is 2. The minimum absolute atomic E-state index is 0.0769. The number of hydrogen-bond donors (Lipinski definition) is 0. The molecule has 0 N–H and O–H groups in total. The molecular formula is C22H32FN3O2. The molecule has 1 heterocycles. The monoisotopic (exact) mass is 389 g/mol. The first kappa shape index (κ1) is 20.8. The molecule has 1 atom stereocenters. The molecule has 1 saturated carbocycles. The molecule has 1 aromatic carbocycles. The summed E-state index contributed by atoms with van der Waals surface area (Å²) in [5.41, 5.74) is 0.947. The maximum absolute atomic E-state index is 13.3. The van der Waals surface area contributed by atoms with Crippen LogP contribution in [0.4, 0.5) is 4.39 Å². The van der Waals surface area contributed by atoms with E-state index in [0.717, 1.165) is 50.6 Å². The van der Waals surface area contributed by atoms with Gasteiger partial charge in [-0.05, 0) is 49.9 Å². The number of hydrogen-bond acceptors (Lipinski definition) is 3. The largest absolute Gasteiger partial charge is 0.347 e. The van der Waals surface area contributed by atoms with Crippen LogP contribution in [-0.4, -0.2) is 65.8 Å². The molecule has 28 heavy (non-hydrogen) atoms. The molecule has 1 aromatic rings. The van der Waals surface area contributed by atoms with Gasteiger partial charge in [0.25, 0.3) is 0 Å². The lowest BCUT2D eigenvalue weighted by Gasteiger charge is -2.36. The van der Waals surface area contributed by atoms with E-state index in [4.69, 9.17) is 0 Å². The standard InChI is InChI=1S/C22H32FN3O2/c1-24(2)22(28)20-9-6-14-25(20)16-21(27)26(19-7-4-3-5-8-19)15-17-10-12-18(23)13-11-17/h10-13,19-20H,3-9,14-16H2,1-2H3. The summed E-state index contributed by atoms with van der Waals surface area (Å²) in [7, 11) is 3.53. The van der Waals surface area contributed by atoms with E-state index in [0.29, 0.717) is 6.54 Å². The number of nitrogens with zero attached hydrogens (tertiary/aromatic N) is 3. The number of carbonyl (C=O) groups is 2. The van der Waals surface area contributed by atoms with E-state index in [9.17, 15) is 14.0 Å². The highest BCUT2D eigenvalue weighted by Gasteiger charge is 2.35. The number of likely N-dealkylation sites (N-methyl/N-ethyl adjacent to an activating group) is 1. The third kappa shape index (κ3) is 5.10. The SMILES string of the molecule is CN(C)C(=O)C1CCCN1CC(=O)N(Cc1ccc(F)cc1)C1CCCCC1. The van der Waals surface area contributed by atoms with Crippen molar-refractivity contribution in [3.8, 4) is 0 Å². The van der Waals surface area contributed by atoms with E-state index in [1.807, 2.05) is 9.80 Å². The van der Waals surface area contributed by atoms with Gasteiger partial charge in [0.1, 0.15) is 5.82 Å². The molecule has 0 spiro atoms. The molecule has 0 radical (unpaired) electrons. The van der Waals surface area contributed by atoms with Crippen LogP contribution in [0.15, 0.2) is 24.3 Å². The maximum atomic E-state index is 13.3. The van der Waals surface area contributed by atoms with Crippen molar-refractivity contribution in [3.63, 3.8) is 0 Å². The van der Waals surface area contributed by atoms with Crippen LogP contribution in [0.2, 0.25) is 0 Å². The van der Waals surface area contributed by atoms with Crippen LogP contribution in [0.3, 0.4) is 0 Å². The lowest BCUT2D eigenvalue weighted by Crippen LogP contribution is -2.49. The second-order valence-electron chi connectivity index (χ2n) is 8.30. The average Bonchev–Trinajstić information content (AvgIpc) is 3.15. The van der Waals surface area contributed by atoms with Gasteiger partial charge in [0.2, 0.25) is 11.8 Å².